The van der Waals surface area contributed by atoms with E-state index in [1.54, 1.807) is 0 Å². The Bertz CT molecular complexity index is 192. The molecule has 0 amide bonds. The molecule has 0 aromatic carbocycles. The van der Waals surface area contributed by atoms with Crippen molar-refractivity contribution in [2.75, 3.05) is 19.6 Å². The molecule has 0 spiro atoms. The van der Waals surface area contributed by atoms with Crippen LogP contribution in [0.4, 0.5) is 0 Å². The third-order valence-electron chi connectivity index (χ3n) is 3.41. The summed E-state index contributed by atoms with van der Waals surface area (Å²) in [5, 5.41) is 13.4. The lowest BCUT2D eigenvalue weighted by Gasteiger charge is -2.19. The van der Waals surface area contributed by atoms with Gasteiger partial charge in [-0.25, -0.2) is 0 Å². The van der Waals surface area contributed by atoms with Crippen molar-refractivity contribution in [2.45, 2.75) is 44.9 Å². The molecule has 0 bridgehead atoms. The molecule has 1 saturated carbocycles. The van der Waals surface area contributed by atoms with E-state index in [2.05, 4.69) is 24.1 Å². The van der Waals surface area contributed by atoms with E-state index in [1.807, 2.05) is 0 Å². The minimum Gasteiger partial charge on any atom is -0.391 e. The summed E-state index contributed by atoms with van der Waals surface area (Å²) in [6.07, 6.45) is 2.54. The topological polar surface area (TPSA) is 35.5 Å². The monoisotopic (exact) mass is 198 g/mol. The molecule has 1 aliphatic carbocycles. The molecule has 2 aliphatic rings. The Morgan fingerprint density at radius 3 is 2.57 bits per heavy atom. The van der Waals surface area contributed by atoms with Crippen LogP contribution in [-0.2, 0) is 0 Å². The molecular weight excluding hydrogens is 176 g/mol. The van der Waals surface area contributed by atoms with Gasteiger partial charge in [0.15, 0.2) is 0 Å². The predicted molar refractivity (Wildman–Crippen MR) is 57.2 cm³/mol. The van der Waals surface area contributed by atoms with Gasteiger partial charge in [-0.2, -0.15) is 0 Å². The molecule has 2 unspecified atom stereocenters. The Morgan fingerprint density at radius 2 is 2.07 bits per heavy atom. The zero-order valence-corrected chi connectivity index (χ0v) is 9.24. The molecular formula is C11H22N2O. The maximum Gasteiger partial charge on any atom is 0.0719 e. The van der Waals surface area contributed by atoms with Crippen LogP contribution in [0.15, 0.2) is 0 Å². The number of nitrogens with one attached hydrogen (secondary N) is 1. The molecule has 14 heavy (non-hydrogen) atoms. The number of β-amino-alcohol motifs (C(OH)–C–C–N with tert-alkyl or cyclic N) is 1. The number of rotatable bonds is 4. The van der Waals surface area contributed by atoms with Crippen molar-refractivity contribution < 1.29 is 5.11 Å². The Labute approximate surface area is 86.5 Å². The minimum atomic E-state index is -0.122. The van der Waals surface area contributed by atoms with Crippen molar-refractivity contribution in [2.24, 2.45) is 5.92 Å². The van der Waals surface area contributed by atoms with Gasteiger partial charge in [-0.05, 0) is 26.7 Å². The molecule has 2 fully saturated rings. The van der Waals surface area contributed by atoms with E-state index in [9.17, 15) is 5.11 Å². The lowest BCUT2D eigenvalue weighted by atomic mass is 10.1. The summed E-state index contributed by atoms with van der Waals surface area (Å²) >= 11 is 0. The molecule has 1 aliphatic heterocycles. The summed E-state index contributed by atoms with van der Waals surface area (Å²) in [6, 6.07) is 1.32. The number of likely N-dealkylation sites (tertiary alicyclic amines) is 1. The Hall–Kier alpha value is -0.120. The smallest absolute Gasteiger partial charge is 0.0719 e. The van der Waals surface area contributed by atoms with E-state index >= 15 is 0 Å². The van der Waals surface area contributed by atoms with E-state index in [1.165, 1.54) is 12.8 Å². The molecule has 0 aromatic rings. The lowest BCUT2D eigenvalue weighted by molar-refractivity contribution is 0.137. The van der Waals surface area contributed by atoms with E-state index in [-0.39, 0.29) is 6.10 Å². The SMILES string of the molecule is CC(C)N1CC(O)C(CNC2CC2)C1. The highest BCUT2D eigenvalue weighted by atomic mass is 16.3. The van der Waals surface area contributed by atoms with Gasteiger partial charge in [0.1, 0.15) is 0 Å². The number of nitrogens with zero attached hydrogens (tertiary/aromatic N) is 1. The number of hydrogen-bond donors (Lipinski definition) is 2. The Balaban J connectivity index is 1.75. The maximum atomic E-state index is 9.86. The number of aliphatic hydroxyl groups excluding tert-OH is 1. The van der Waals surface area contributed by atoms with E-state index in [0.717, 1.165) is 25.7 Å². The minimum absolute atomic E-state index is 0.122. The molecule has 82 valence electrons. The van der Waals surface area contributed by atoms with Crippen LogP contribution in [-0.4, -0.2) is 47.8 Å². The summed E-state index contributed by atoms with van der Waals surface area (Å²) in [4.78, 5) is 2.36. The van der Waals surface area contributed by atoms with Crippen molar-refractivity contribution in [3.8, 4) is 0 Å². The second-order valence-electron chi connectivity index (χ2n) is 5.06. The predicted octanol–water partition coefficient (Wildman–Crippen LogP) is 0.439. The second-order valence-corrected chi connectivity index (χ2v) is 5.06. The van der Waals surface area contributed by atoms with Crippen molar-refractivity contribution in [1.29, 1.82) is 0 Å². The van der Waals surface area contributed by atoms with Gasteiger partial charge < -0.3 is 10.4 Å². The summed E-state index contributed by atoms with van der Waals surface area (Å²) in [5.41, 5.74) is 0. The van der Waals surface area contributed by atoms with Gasteiger partial charge in [-0.1, -0.05) is 0 Å². The first-order chi connectivity index (χ1) is 6.66. The molecule has 1 heterocycles. The van der Waals surface area contributed by atoms with Gasteiger partial charge in [0.05, 0.1) is 6.10 Å². The second kappa shape index (κ2) is 4.17. The Kier molecular flexibility index (Phi) is 3.10. The molecule has 1 saturated heterocycles. The summed E-state index contributed by atoms with van der Waals surface area (Å²) in [5.74, 6) is 0.443. The summed E-state index contributed by atoms with van der Waals surface area (Å²) in [7, 11) is 0. The summed E-state index contributed by atoms with van der Waals surface area (Å²) < 4.78 is 0. The van der Waals surface area contributed by atoms with Crippen LogP contribution in [0.5, 0.6) is 0 Å². The van der Waals surface area contributed by atoms with Crippen molar-refractivity contribution in [3.05, 3.63) is 0 Å². The normalized spacial score (nSPS) is 34.3. The van der Waals surface area contributed by atoms with E-state index in [4.69, 9.17) is 0 Å². The lowest BCUT2D eigenvalue weighted by Crippen LogP contribution is -2.32. The van der Waals surface area contributed by atoms with Crippen molar-refractivity contribution in [1.82, 2.24) is 10.2 Å². The molecule has 0 radical (unpaired) electrons. The van der Waals surface area contributed by atoms with Crippen molar-refractivity contribution in [3.63, 3.8) is 0 Å². The number of hydrogen-bond acceptors (Lipinski definition) is 3. The highest BCUT2D eigenvalue weighted by Gasteiger charge is 2.33. The van der Waals surface area contributed by atoms with Gasteiger partial charge in [-0.3, -0.25) is 4.90 Å². The zero-order valence-electron chi connectivity index (χ0n) is 9.24. The third kappa shape index (κ3) is 2.47. The molecule has 0 aromatic heterocycles. The molecule has 2 N–H and O–H groups in total. The van der Waals surface area contributed by atoms with Crippen LogP contribution < -0.4 is 5.32 Å². The fraction of sp³-hybridized carbons (Fsp3) is 1.00. The molecule has 2 rings (SSSR count). The third-order valence-corrected chi connectivity index (χ3v) is 3.41. The van der Waals surface area contributed by atoms with Gasteiger partial charge in [0.25, 0.3) is 0 Å². The van der Waals surface area contributed by atoms with E-state index in [0.29, 0.717) is 12.0 Å². The van der Waals surface area contributed by atoms with Gasteiger partial charge >= 0.3 is 0 Å². The van der Waals surface area contributed by atoms with Gasteiger partial charge in [-0.15, -0.1) is 0 Å². The average molecular weight is 198 g/mol. The average Bonchev–Trinajstić information content (AvgIpc) is 2.87. The van der Waals surface area contributed by atoms with Crippen LogP contribution in [0.2, 0.25) is 0 Å². The van der Waals surface area contributed by atoms with Crippen LogP contribution in [0.1, 0.15) is 26.7 Å². The molecule has 2 atom stereocenters. The zero-order chi connectivity index (χ0) is 10.1. The quantitative estimate of drug-likeness (QED) is 0.688. The van der Waals surface area contributed by atoms with E-state index < -0.39 is 0 Å². The van der Waals surface area contributed by atoms with Crippen LogP contribution in [0.3, 0.4) is 0 Å². The highest BCUT2D eigenvalue weighted by molar-refractivity contribution is 4.89. The molecule has 3 nitrogen and oxygen atoms in total. The first kappa shape index (κ1) is 10.4. The highest BCUT2D eigenvalue weighted by Crippen LogP contribution is 2.22. The fourth-order valence-electron chi connectivity index (χ4n) is 2.11. The van der Waals surface area contributed by atoms with Crippen LogP contribution in [0, 0.1) is 5.92 Å². The fourth-order valence-corrected chi connectivity index (χ4v) is 2.11. The van der Waals surface area contributed by atoms with Crippen LogP contribution >= 0.6 is 0 Å². The van der Waals surface area contributed by atoms with Crippen molar-refractivity contribution >= 4 is 0 Å². The summed E-state index contributed by atoms with van der Waals surface area (Å²) in [6.45, 7) is 7.30. The van der Waals surface area contributed by atoms with Gasteiger partial charge in [0.2, 0.25) is 0 Å². The Morgan fingerprint density at radius 1 is 1.36 bits per heavy atom. The largest absolute Gasteiger partial charge is 0.391 e. The first-order valence-electron chi connectivity index (χ1n) is 5.82. The number of aliphatic hydroxyl groups is 1. The maximum absolute atomic E-state index is 9.86. The van der Waals surface area contributed by atoms with Crippen LogP contribution in [0.25, 0.3) is 0 Å². The standard InChI is InChI=1S/C11H22N2O/c1-8(2)13-6-9(11(14)7-13)5-12-10-3-4-10/h8-12,14H,3-7H2,1-2H3. The van der Waals surface area contributed by atoms with Gasteiger partial charge in [0, 0.05) is 37.6 Å². The molecule has 3 heteroatoms. The first-order valence-corrected chi connectivity index (χ1v) is 5.82.